The van der Waals surface area contributed by atoms with Crippen molar-refractivity contribution in [1.29, 1.82) is 0 Å². The van der Waals surface area contributed by atoms with Crippen LogP contribution in [0.4, 0.5) is 5.69 Å². The van der Waals surface area contributed by atoms with Crippen LogP contribution in [0.5, 0.6) is 5.75 Å². The molecule has 0 atom stereocenters. The highest BCUT2D eigenvalue weighted by atomic mass is 32.1. The summed E-state index contributed by atoms with van der Waals surface area (Å²) in [5.41, 5.74) is 1.94. The average molecular weight is 356 g/mol. The predicted molar refractivity (Wildman–Crippen MR) is 101 cm³/mol. The summed E-state index contributed by atoms with van der Waals surface area (Å²) < 4.78 is 6.33. The normalized spacial score (nSPS) is 13.6. The van der Waals surface area contributed by atoms with Gasteiger partial charge in [-0.1, -0.05) is 0 Å². The minimum Gasteiger partial charge on any atom is -0.497 e. The zero-order valence-corrected chi connectivity index (χ0v) is 14.9. The Bertz CT molecular complexity index is 975. The minimum atomic E-state index is -0.143. The molecule has 3 N–H and O–H groups in total. The van der Waals surface area contributed by atoms with Crippen molar-refractivity contribution in [3.8, 4) is 5.75 Å². The van der Waals surface area contributed by atoms with E-state index in [1.807, 2.05) is 24.3 Å². The number of hydrogen-bond acceptors (Lipinski definition) is 6. The lowest BCUT2D eigenvalue weighted by molar-refractivity contribution is 0.415. The first-order chi connectivity index (χ1) is 12.2. The number of rotatable bonds is 4. The van der Waals surface area contributed by atoms with Crippen LogP contribution in [-0.2, 0) is 19.4 Å². The fourth-order valence-electron chi connectivity index (χ4n) is 3.27. The molecule has 0 aliphatic heterocycles. The van der Waals surface area contributed by atoms with Crippen LogP contribution in [0.25, 0.3) is 10.2 Å². The topological polar surface area (TPSA) is 82.2 Å². The van der Waals surface area contributed by atoms with Crippen LogP contribution in [0.2, 0.25) is 0 Å². The van der Waals surface area contributed by atoms with Crippen LogP contribution in [0.1, 0.15) is 29.1 Å². The van der Waals surface area contributed by atoms with E-state index in [0.29, 0.717) is 12.4 Å². The highest BCUT2D eigenvalue weighted by molar-refractivity contribution is 7.18. The molecule has 4 rings (SSSR count). The molecule has 0 unspecified atom stereocenters. The molecule has 0 radical (unpaired) electrons. The van der Waals surface area contributed by atoms with E-state index in [9.17, 15) is 4.79 Å². The van der Waals surface area contributed by atoms with Crippen molar-refractivity contribution in [2.45, 2.75) is 32.2 Å². The number of fused-ring (bicyclic) bond motifs is 3. The van der Waals surface area contributed by atoms with E-state index in [0.717, 1.165) is 46.5 Å². The molecule has 1 aliphatic carbocycles. The van der Waals surface area contributed by atoms with Gasteiger partial charge in [-0.25, -0.2) is 9.66 Å². The number of nitrogen functional groups attached to an aromatic ring is 1. The zero-order valence-electron chi connectivity index (χ0n) is 14.0. The fourth-order valence-corrected chi connectivity index (χ4v) is 4.54. The molecule has 130 valence electrons. The third-order valence-electron chi connectivity index (χ3n) is 4.63. The van der Waals surface area contributed by atoms with E-state index >= 15 is 0 Å². The molecule has 1 aliphatic rings. The van der Waals surface area contributed by atoms with Crippen LogP contribution in [0.15, 0.2) is 29.1 Å². The van der Waals surface area contributed by atoms with Crippen molar-refractivity contribution in [2.24, 2.45) is 0 Å². The summed E-state index contributed by atoms with van der Waals surface area (Å²) >= 11 is 1.64. The highest BCUT2D eigenvalue weighted by Crippen LogP contribution is 2.33. The molecule has 0 saturated carbocycles. The Kier molecular flexibility index (Phi) is 4.09. The van der Waals surface area contributed by atoms with Crippen molar-refractivity contribution >= 4 is 27.2 Å². The smallest absolute Gasteiger partial charge is 0.281 e. The number of nitrogens with zero attached hydrogens (tertiary/aromatic N) is 2. The first-order valence-electron chi connectivity index (χ1n) is 8.36. The lowest BCUT2D eigenvalue weighted by Crippen LogP contribution is -2.32. The summed E-state index contributed by atoms with van der Waals surface area (Å²) in [6, 6.07) is 7.59. The van der Waals surface area contributed by atoms with Gasteiger partial charge in [0.2, 0.25) is 0 Å². The van der Waals surface area contributed by atoms with Crippen LogP contribution in [-0.4, -0.2) is 16.8 Å². The van der Waals surface area contributed by atoms with Crippen molar-refractivity contribution in [1.82, 2.24) is 9.66 Å². The second-order valence-electron chi connectivity index (χ2n) is 6.18. The molecule has 0 fully saturated rings. The molecule has 2 aromatic heterocycles. The molecule has 0 spiro atoms. The Morgan fingerprint density at radius 3 is 2.80 bits per heavy atom. The van der Waals surface area contributed by atoms with Gasteiger partial charge in [-0.05, 0) is 55.5 Å². The number of ether oxygens (including phenoxy) is 1. The molecule has 7 heteroatoms. The molecule has 1 aromatic carbocycles. The summed E-state index contributed by atoms with van der Waals surface area (Å²) in [7, 11) is 1.63. The van der Waals surface area contributed by atoms with Crippen LogP contribution in [0, 0.1) is 0 Å². The first-order valence-corrected chi connectivity index (χ1v) is 9.18. The summed E-state index contributed by atoms with van der Waals surface area (Å²) in [6.07, 6.45) is 4.31. The Hall–Kier alpha value is -2.54. The van der Waals surface area contributed by atoms with Crippen molar-refractivity contribution in [3.05, 3.63) is 50.9 Å². The number of nitrogens with one attached hydrogen (secondary N) is 1. The number of aromatic nitrogens is 2. The number of anilines is 1. The molecule has 25 heavy (non-hydrogen) atoms. The molecule has 2 heterocycles. The van der Waals surface area contributed by atoms with E-state index in [2.05, 4.69) is 10.3 Å². The molecular weight excluding hydrogens is 336 g/mol. The van der Waals surface area contributed by atoms with E-state index in [-0.39, 0.29) is 5.56 Å². The van der Waals surface area contributed by atoms with Gasteiger partial charge in [-0.15, -0.1) is 11.3 Å². The highest BCUT2D eigenvalue weighted by Gasteiger charge is 2.21. The molecule has 0 saturated heterocycles. The summed E-state index contributed by atoms with van der Waals surface area (Å²) in [5, 5.41) is 3.97. The third-order valence-corrected chi connectivity index (χ3v) is 5.82. The summed E-state index contributed by atoms with van der Waals surface area (Å²) in [6.45, 7) is 0.385. The Morgan fingerprint density at radius 1 is 1.28 bits per heavy atom. The molecule has 3 aromatic rings. The Morgan fingerprint density at radius 2 is 2.04 bits per heavy atom. The van der Waals surface area contributed by atoms with Crippen LogP contribution >= 0.6 is 11.3 Å². The van der Waals surface area contributed by atoms with E-state index in [1.54, 1.807) is 18.4 Å². The minimum absolute atomic E-state index is 0.143. The molecule has 0 amide bonds. The maximum absolute atomic E-state index is 12.7. The number of methoxy groups -OCH3 is 1. The monoisotopic (exact) mass is 356 g/mol. The van der Waals surface area contributed by atoms with Gasteiger partial charge in [0.1, 0.15) is 10.6 Å². The number of hydrogen-bond donors (Lipinski definition) is 2. The predicted octanol–water partition coefficient (Wildman–Crippen LogP) is 2.67. The standard InChI is InChI=1S/C18H20N4O2S/c1-24-12-8-6-11(7-9-12)20-10-15-21-17-16(18(23)22(15)19)13-4-2-3-5-14(13)25-17/h6-9,20H,2-5,10,19H2,1H3. The van der Waals surface area contributed by atoms with Crippen LogP contribution in [0.3, 0.4) is 0 Å². The molecule has 6 nitrogen and oxygen atoms in total. The van der Waals surface area contributed by atoms with Crippen LogP contribution < -0.4 is 21.5 Å². The van der Waals surface area contributed by atoms with Gasteiger partial charge in [0, 0.05) is 10.6 Å². The maximum Gasteiger partial charge on any atom is 0.281 e. The number of nitrogens with two attached hydrogens (primary N) is 1. The van der Waals surface area contributed by atoms with Crippen molar-refractivity contribution < 1.29 is 4.74 Å². The lowest BCUT2D eigenvalue weighted by Gasteiger charge is -2.11. The van der Waals surface area contributed by atoms with E-state index in [4.69, 9.17) is 10.6 Å². The summed E-state index contributed by atoms with van der Waals surface area (Å²) in [4.78, 5) is 19.5. The van der Waals surface area contributed by atoms with E-state index in [1.165, 1.54) is 16.0 Å². The number of aryl methyl sites for hydroxylation is 2. The average Bonchev–Trinajstić information content (AvgIpc) is 3.02. The number of thiophene rings is 1. The number of benzene rings is 1. The molecular formula is C18H20N4O2S. The molecule has 0 bridgehead atoms. The van der Waals surface area contributed by atoms with Gasteiger partial charge in [0.25, 0.3) is 5.56 Å². The maximum atomic E-state index is 12.7. The fraction of sp³-hybridized carbons (Fsp3) is 0.333. The van der Waals surface area contributed by atoms with Crippen molar-refractivity contribution in [3.63, 3.8) is 0 Å². The van der Waals surface area contributed by atoms with E-state index < -0.39 is 0 Å². The first kappa shape index (κ1) is 16.0. The van der Waals surface area contributed by atoms with Gasteiger partial charge in [-0.3, -0.25) is 4.79 Å². The summed E-state index contributed by atoms with van der Waals surface area (Å²) in [5.74, 6) is 7.37. The second-order valence-corrected chi connectivity index (χ2v) is 7.26. The quantitative estimate of drug-likeness (QED) is 0.703. The third kappa shape index (κ3) is 2.84. The Labute approximate surface area is 149 Å². The SMILES string of the molecule is COc1ccc(NCc2nc3sc4c(c3c(=O)n2N)CCCC4)cc1. The lowest BCUT2D eigenvalue weighted by atomic mass is 9.97. The second kappa shape index (κ2) is 6.40. The Balaban J connectivity index is 1.65. The van der Waals surface area contributed by atoms with Gasteiger partial charge in [0.15, 0.2) is 5.82 Å². The zero-order chi connectivity index (χ0) is 17.4. The van der Waals surface area contributed by atoms with Gasteiger partial charge < -0.3 is 15.9 Å². The van der Waals surface area contributed by atoms with Gasteiger partial charge in [-0.2, -0.15) is 0 Å². The largest absolute Gasteiger partial charge is 0.497 e. The van der Waals surface area contributed by atoms with Crippen molar-refractivity contribution in [2.75, 3.05) is 18.3 Å². The van der Waals surface area contributed by atoms with Gasteiger partial charge in [0.05, 0.1) is 19.0 Å². The van der Waals surface area contributed by atoms with Gasteiger partial charge >= 0.3 is 0 Å².